The van der Waals surface area contributed by atoms with E-state index in [-0.39, 0.29) is 16.7 Å². The van der Waals surface area contributed by atoms with Crippen molar-refractivity contribution in [2.75, 3.05) is 39.4 Å². The molecule has 0 N–H and O–H groups in total. The van der Waals surface area contributed by atoms with Crippen LogP contribution in [0, 0.1) is 0 Å². The lowest BCUT2D eigenvalue weighted by Gasteiger charge is -2.30. The van der Waals surface area contributed by atoms with E-state index in [2.05, 4.69) is 10.1 Å². The number of hydrogen-bond acceptors (Lipinski definition) is 8. The van der Waals surface area contributed by atoms with Crippen LogP contribution in [0.2, 0.25) is 0 Å². The van der Waals surface area contributed by atoms with Crippen LogP contribution in [0.4, 0.5) is 0 Å². The Kier molecular flexibility index (Phi) is 6.28. The lowest BCUT2D eigenvalue weighted by molar-refractivity contribution is 0.0700. The predicted octanol–water partition coefficient (Wildman–Crippen LogP) is 2.84. The van der Waals surface area contributed by atoms with Gasteiger partial charge in [-0.15, -0.1) is 11.3 Å². The van der Waals surface area contributed by atoms with Gasteiger partial charge in [-0.05, 0) is 48.6 Å². The first kappa shape index (κ1) is 22.2. The molecular formula is C22H24N4O5S2. The van der Waals surface area contributed by atoms with Crippen molar-refractivity contribution in [3.8, 4) is 11.4 Å². The molecule has 0 radical (unpaired) electrons. The van der Waals surface area contributed by atoms with Crippen molar-refractivity contribution in [1.82, 2.24) is 19.3 Å². The normalized spacial score (nSPS) is 20.1. The van der Waals surface area contributed by atoms with E-state index >= 15 is 0 Å². The smallest absolute Gasteiger partial charge is 0.263 e. The molecule has 2 aliphatic heterocycles. The number of carbonyl (C=O) groups excluding carboxylic acids is 1. The number of thiophene rings is 1. The molecule has 0 spiro atoms. The van der Waals surface area contributed by atoms with Crippen LogP contribution < -0.4 is 0 Å². The molecule has 0 saturated carbocycles. The van der Waals surface area contributed by atoms with Gasteiger partial charge in [-0.1, -0.05) is 11.2 Å². The number of ether oxygens (including phenoxy) is 1. The second kappa shape index (κ2) is 9.34. The van der Waals surface area contributed by atoms with Crippen molar-refractivity contribution in [1.29, 1.82) is 0 Å². The standard InChI is InChI=1S/C22H24N4O5S2/c27-22(19-4-2-14-32-19)25-9-1-3-17(15-25)21-23-20(24-31-21)16-5-7-18(8-6-16)33(28,29)26-10-12-30-13-11-26/h2,4-8,14,17H,1,3,9-13,15H2. The second-order valence-electron chi connectivity index (χ2n) is 8.06. The largest absolute Gasteiger partial charge is 0.379 e. The van der Waals surface area contributed by atoms with Crippen molar-refractivity contribution in [2.45, 2.75) is 23.7 Å². The van der Waals surface area contributed by atoms with Crippen LogP contribution in [0.5, 0.6) is 0 Å². The summed E-state index contributed by atoms with van der Waals surface area (Å²) in [7, 11) is -3.55. The first-order chi connectivity index (χ1) is 16.0. The lowest BCUT2D eigenvalue weighted by atomic mass is 9.98. The van der Waals surface area contributed by atoms with Gasteiger partial charge in [0.15, 0.2) is 0 Å². The fraction of sp³-hybridized carbons (Fsp3) is 0.409. The monoisotopic (exact) mass is 488 g/mol. The zero-order valence-electron chi connectivity index (χ0n) is 17.9. The molecule has 1 atom stereocenters. The summed E-state index contributed by atoms with van der Waals surface area (Å²) in [6.45, 7) is 2.76. The van der Waals surface area contributed by atoms with E-state index in [1.807, 2.05) is 22.4 Å². The second-order valence-corrected chi connectivity index (χ2v) is 11.0. The highest BCUT2D eigenvalue weighted by molar-refractivity contribution is 7.89. The van der Waals surface area contributed by atoms with Crippen molar-refractivity contribution in [2.24, 2.45) is 0 Å². The molecule has 4 heterocycles. The molecule has 2 aromatic heterocycles. The van der Waals surface area contributed by atoms with Gasteiger partial charge in [0, 0.05) is 31.7 Å². The average molecular weight is 489 g/mol. The molecule has 1 unspecified atom stereocenters. The molecule has 0 bridgehead atoms. The molecule has 2 fully saturated rings. The van der Waals surface area contributed by atoms with Gasteiger partial charge >= 0.3 is 0 Å². The number of carbonyl (C=O) groups is 1. The Balaban J connectivity index is 1.29. The van der Waals surface area contributed by atoms with Crippen LogP contribution in [-0.4, -0.2) is 73.1 Å². The SMILES string of the molecule is O=C(c1cccs1)N1CCCC(c2nc(-c3ccc(S(=O)(=O)N4CCOCC4)cc3)no2)C1. The summed E-state index contributed by atoms with van der Waals surface area (Å²) >= 11 is 1.44. The third-order valence-corrected chi connectivity index (χ3v) is 8.72. The molecule has 3 aromatic rings. The van der Waals surface area contributed by atoms with Gasteiger partial charge in [0.2, 0.25) is 21.7 Å². The van der Waals surface area contributed by atoms with Crippen LogP contribution in [-0.2, 0) is 14.8 Å². The van der Waals surface area contributed by atoms with Crippen LogP contribution in [0.1, 0.15) is 34.3 Å². The minimum Gasteiger partial charge on any atom is -0.379 e. The number of sulfonamides is 1. The van der Waals surface area contributed by atoms with Gasteiger partial charge in [-0.25, -0.2) is 8.42 Å². The van der Waals surface area contributed by atoms with Gasteiger partial charge in [-0.2, -0.15) is 9.29 Å². The zero-order valence-corrected chi connectivity index (χ0v) is 19.6. The summed E-state index contributed by atoms with van der Waals surface area (Å²) in [4.78, 5) is 20.1. The summed E-state index contributed by atoms with van der Waals surface area (Å²) < 4.78 is 37.8. The van der Waals surface area contributed by atoms with E-state index in [0.717, 1.165) is 17.7 Å². The maximum atomic E-state index is 12.8. The van der Waals surface area contributed by atoms with Gasteiger partial charge in [0.1, 0.15) is 0 Å². The lowest BCUT2D eigenvalue weighted by Crippen LogP contribution is -2.40. The molecule has 2 saturated heterocycles. The van der Waals surface area contributed by atoms with E-state index in [0.29, 0.717) is 56.7 Å². The minimum atomic E-state index is -3.55. The Labute approximate surface area is 196 Å². The van der Waals surface area contributed by atoms with Crippen molar-refractivity contribution >= 4 is 27.3 Å². The number of nitrogens with zero attached hydrogens (tertiary/aromatic N) is 4. The third kappa shape index (κ3) is 4.58. The third-order valence-electron chi connectivity index (χ3n) is 5.95. The van der Waals surface area contributed by atoms with Crippen LogP contribution in [0.3, 0.4) is 0 Å². The minimum absolute atomic E-state index is 0.0233. The molecule has 2 aliphatic rings. The Morgan fingerprint density at radius 1 is 1.09 bits per heavy atom. The molecule has 174 valence electrons. The van der Waals surface area contributed by atoms with Gasteiger partial charge < -0.3 is 14.2 Å². The quantitative estimate of drug-likeness (QED) is 0.544. The van der Waals surface area contributed by atoms with Crippen molar-refractivity contribution < 1.29 is 22.5 Å². The Morgan fingerprint density at radius 3 is 2.61 bits per heavy atom. The van der Waals surface area contributed by atoms with Crippen LogP contribution in [0.25, 0.3) is 11.4 Å². The Hall–Kier alpha value is -2.60. The van der Waals surface area contributed by atoms with Gasteiger partial charge in [0.25, 0.3) is 5.91 Å². The molecule has 1 amide bonds. The molecule has 0 aliphatic carbocycles. The highest BCUT2D eigenvalue weighted by Gasteiger charge is 2.30. The number of likely N-dealkylation sites (tertiary alicyclic amines) is 1. The molecular weight excluding hydrogens is 464 g/mol. The molecule has 1 aromatic carbocycles. The summed E-state index contributed by atoms with van der Waals surface area (Å²) in [6, 6.07) is 10.2. The summed E-state index contributed by atoms with van der Waals surface area (Å²) in [5, 5.41) is 6.00. The highest BCUT2D eigenvalue weighted by atomic mass is 32.2. The molecule has 33 heavy (non-hydrogen) atoms. The summed E-state index contributed by atoms with van der Waals surface area (Å²) in [6.07, 6.45) is 1.74. The topological polar surface area (TPSA) is 106 Å². The number of hydrogen-bond donors (Lipinski definition) is 0. The van der Waals surface area contributed by atoms with Crippen LogP contribution >= 0.6 is 11.3 Å². The van der Waals surface area contributed by atoms with E-state index in [4.69, 9.17) is 9.26 Å². The molecule has 11 heteroatoms. The van der Waals surface area contributed by atoms with Gasteiger partial charge in [-0.3, -0.25) is 4.79 Å². The summed E-state index contributed by atoms with van der Waals surface area (Å²) in [5.41, 5.74) is 0.674. The fourth-order valence-corrected chi connectivity index (χ4v) is 6.25. The van der Waals surface area contributed by atoms with Crippen LogP contribution in [0.15, 0.2) is 51.2 Å². The number of morpholine rings is 1. The highest BCUT2D eigenvalue weighted by Crippen LogP contribution is 2.29. The first-order valence-electron chi connectivity index (χ1n) is 10.9. The Morgan fingerprint density at radius 2 is 1.88 bits per heavy atom. The predicted molar refractivity (Wildman–Crippen MR) is 122 cm³/mol. The maximum Gasteiger partial charge on any atom is 0.263 e. The van der Waals surface area contributed by atoms with Crippen molar-refractivity contribution in [3.63, 3.8) is 0 Å². The first-order valence-corrected chi connectivity index (χ1v) is 13.2. The van der Waals surface area contributed by atoms with E-state index in [1.54, 1.807) is 24.3 Å². The van der Waals surface area contributed by atoms with E-state index in [9.17, 15) is 13.2 Å². The van der Waals surface area contributed by atoms with Crippen molar-refractivity contribution in [3.05, 3.63) is 52.5 Å². The van der Waals surface area contributed by atoms with Gasteiger partial charge in [0.05, 0.1) is 28.9 Å². The fourth-order valence-electron chi connectivity index (χ4n) is 4.15. The van der Waals surface area contributed by atoms with E-state index < -0.39 is 10.0 Å². The number of aromatic nitrogens is 2. The Bertz CT molecular complexity index is 1200. The number of piperidine rings is 1. The maximum absolute atomic E-state index is 12.8. The van der Waals surface area contributed by atoms with E-state index in [1.165, 1.54) is 15.6 Å². The number of rotatable bonds is 5. The zero-order chi connectivity index (χ0) is 22.8. The number of amides is 1. The average Bonchev–Trinajstić information content (AvgIpc) is 3.57. The molecule has 5 rings (SSSR count). The number of benzene rings is 1. The molecule has 9 nitrogen and oxygen atoms in total. The summed E-state index contributed by atoms with van der Waals surface area (Å²) in [5.74, 6) is 0.914.